The molecular formula is C67H125NO10. The zero-order valence-electron chi connectivity index (χ0n) is 50.8. The molecule has 11 heteroatoms. The van der Waals surface area contributed by atoms with Crippen molar-refractivity contribution in [2.24, 2.45) is 0 Å². The minimum absolute atomic E-state index is 0.125. The standard InChI is InChI=1S/C67H125NO10/c1-4-7-10-13-16-19-22-25-26-27-28-29-30-31-32-33-34-37-40-43-46-49-52-55-62(72)78-65-64(74)63(73)61(56-69)77-67(65)76-57-58(59(70)53-50-47-44-41-38-35-23-20-17-14-11-8-5-2)68-66(75)60(71)54-51-48-45-42-39-36-24-21-18-15-12-9-6-3/h25-26,39,42,50,53,58-61,63-65,67,69-71,73-74H,4-24,27-38,40-41,43-49,51-52,54-57H2,1-3H3,(H,68,75)/b26-25+,42-39-,53-50+. The Hall–Kier alpha value is -2.12. The zero-order chi connectivity index (χ0) is 56.8. The number of hydrogen-bond donors (Lipinski definition) is 6. The highest BCUT2D eigenvalue weighted by Crippen LogP contribution is 2.26. The maximum absolute atomic E-state index is 13.4. The van der Waals surface area contributed by atoms with Crippen molar-refractivity contribution in [1.82, 2.24) is 5.32 Å². The fourth-order valence-corrected chi connectivity index (χ4v) is 10.5. The van der Waals surface area contributed by atoms with E-state index in [1.165, 1.54) is 212 Å². The Bertz CT molecular complexity index is 1410. The van der Waals surface area contributed by atoms with Crippen molar-refractivity contribution < 1.29 is 49.3 Å². The molecule has 0 aromatic rings. The molecule has 1 aliphatic heterocycles. The fourth-order valence-electron chi connectivity index (χ4n) is 10.5. The number of unbranched alkanes of at least 4 members (excludes halogenated alkanes) is 39. The maximum atomic E-state index is 13.4. The van der Waals surface area contributed by atoms with Crippen LogP contribution in [-0.4, -0.2) is 99.6 Å². The number of aliphatic hydroxyl groups excluding tert-OH is 5. The van der Waals surface area contributed by atoms with Crippen molar-refractivity contribution in [3.63, 3.8) is 0 Å². The third-order valence-corrected chi connectivity index (χ3v) is 15.8. The second-order valence-corrected chi connectivity index (χ2v) is 23.2. The van der Waals surface area contributed by atoms with Gasteiger partial charge in [-0.25, -0.2) is 0 Å². The van der Waals surface area contributed by atoms with E-state index in [1.807, 2.05) is 6.08 Å². The van der Waals surface area contributed by atoms with Gasteiger partial charge in [0.1, 0.15) is 24.4 Å². The van der Waals surface area contributed by atoms with Gasteiger partial charge in [-0.1, -0.05) is 269 Å². The highest BCUT2D eigenvalue weighted by molar-refractivity contribution is 5.80. The molecule has 1 amide bonds. The Labute approximate surface area is 479 Å². The lowest BCUT2D eigenvalue weighted by atomic mass is 9.99. The van der Waals surface area contributed by atoms with Gasteiger partial charge in [-0.2, -0.15) is 0 Å². The van der Waals surface area contributed by atoms with E-state index in [2.05, 4.69) is 50.4 Å². The van der Waals surface area contributed by atoms with Crippen LogP contribution in [-0.2, 0) is 23.8 Å². The number of amides is 1. The van der Waals surface area contributed by atoms with Crippen LogP contribution in [0.3, 0.4) is 0 Å². The molecule has 1 aliphatic rings. The maximum Gasteiger partial charge on any atom is 0.306 e. The van der Waals surface area contributed by atoms with E-state index in [1.54, 1.807) is 6.08 Å². The second-order valence-electron chi connectivity index (χ2n) is 23.2. The molecule has 0 aromatic carbocycles. The normalized spacial score (nSPS) is 19.1. The van der Waals surface area contributed by atoms with E-state index < -0.39 is 67.4 Å². The molecule has 0 bridgehead atoms. The minimum atomic E-state index is -1.61. The number of hydrogen-bond acceptors (Lipinski definition) is 10. The van der Waals surface area contributed by atoms with Gasteiger partial charge in [0.05, 0.1) is 25.4 Å². The van der Waals surface area contributed by atoms with Crippen LogP contribution in [0.25, 0.3) is 0 Å². The fraction of sp³-hybridized carbons (Fsp3) is 0.881. The van der Waals surface area contributed by atoms with Gasteiger partial charge in [0.2, 0.25) is 5.91 Å². The smallest absolute Gasteiger partial charge is 0.306 e. The number of rotatable bonds is 57. The summed E-state index contributed by atoms with van der Waals surface area (Å²) in [4.78, 5) is 26.6. The third kappa shape index (κ3) is 42.7. The molecule has 0 aromatic heterocycles. The first-order chi connectivity index (χ1) is 38.2. The first kappa shape index (κ1) is 73.9. The highest BCUT2D eigenvalue weighted by atomic mass is 16.7. The van der Waals surface area contributed by atoms with Crippen LogP contribution in [0.5, 0.6) is 0 Å². The number of nitrogens with one attached hydrogen (secondary N) is 1. The summed E-state index contributed by atoms with van der Waals surface area (Å²) in [5.41, 5.74) is 0. The van der Waals surface area contributed by atoms with E-state index in [0.29, 0.717) is 12.8 Å². The van der Waals surface area contributed by atoms with Gasteiger partial charge in [-0.15, -0.1) is 0 Å². The van der Waals surface area contributed by atoms with Gasteiger partial charge >= 0.3 is 5.97 Å². The number of carbonyl (C=O) groups is 2. The van der Waals surface area contributed by atoms with Crippen LogP contribution in [0, 0.1) is 0 Å². The number of aliphatic hydroxyl groups is 5. The van der Waals surface area contributed by atoms with Crippen LogP contribution in [0.1, 0.15) is 316 Å². The molecule has 8 unspecified atom stereocenters. The van der Waals surface area contributed by atoms with Gasteiger partial charge in [0.25, 0.3) is 0 Å². The Kier molecular flexibility index (Phi) is 52.5. The molecule has 0 radical (unpaired) electrons. The quantitative estimate of drug-likeness (QED) is 0.0195. The third-order valence-electron chi connectivity index (χ3n) is 15.8. The predicted molar refractivity (Wildman–Crippen MR) is 324 cm³/mol. The molecule has 78 heavy (non-hydrogen) atoms. The lowest BCUT2D eigenvalue weighted by Crippen LogP contribution is -2.61. The first-order valence-corrected chi connectivity index (χ1v) is 33.3. The van der Waals surface area contributed by atoms with Gasteiger partial charge < -0.3 is 45.1 Å². The van der Waals surface area contributed by atoms with Gasteiger partial charge in [-0.05, 0) is 77.0 Å². The number of carbonyl (C=O) groups excluding carboxylic acids is 2. The van der Waals surface area contributed by atoms with Crippen LogP contribution >= 0.6 is 0 Å². The summed E-state index contributed by atoms with van der Waals surface area (Å²) < 4.78 is 17.7. The van der Waals surface area contributed by atoms with Crippen molar-refractivity contribution >= 4 is 11.9 Å². The summed E-state index contributed by atoms with van der Waals surface area (Å²) >= 11 is 0. The molecule has 1 heterocycles. The van der Waals surface area contributed by atoms with E-state index >= 15 is 0 Å². The van der Waals surface area contributed by atoms with Crippen molar-refractivity contribution in [3.05, 3.63) is 36.5 Å². The molecule has 6 N–H and O–H groups in total. The van der Waals surface area contributed by atoms with Crippen LogP contribution in [0.15, 0.2) is 36.5 Å². The second kappa shape index (κ2) is 55.4. The Morgan fingerprint density at radius 3 is 1.24 bits per heavy atom. The van der Waals surface area contributed by atoms with Crippen molar-refractivity contribution in [2.75, 3.05) is 13.2 Å². The summed E-state index contributed by atoms with van der Waals surface area (Å²) in [5.74, 6) is -1.20. The van der Waals surface area contributed by atoms with E-state index in [-0.39, 0.29) is 19.4 Å². The van der Waals surface area contributed by atoms with E-state index in [0.717, 1.165) is 57.8 Å². The minimum Gasteiger partial charge on any atom is -0.454 e. The van der Waals surface area contributed by atoms with Crippen LogP contribution < -0.4 is 5.32 Å². The zero-order valence-corrected chi connectivity index (χ0v) is 50.8. The van der Waals surface area contributed by atoms with Crippen LogP contribution in [0.4, 0.5) is 0 Å². The Morgan fingerprint density at radius 2 is 0.846 bits per heavy atom. The predicted octanol–water partition coefficient (Wildman–Crippen LogP) is 16.2. The van der Waals surface area contributed by atoms with E-state index in [9.17, 15) is 35.1 Å². The van der Waals surface area contributed by atoms with Gasteiger partial charge in [0.15, 0.2) is 12.4 Å². The van der Waals surface area contributed by atoms with Gasteiger partial charge in [0, 0.05) is 6.42 Å². The Balaban J connectivity index is 2.61. The number of ether oxygens (including phenoxy) is 3. The number of esters is 1. The first-order valence-electron chi connectivity index (χ1n) is 33.3. The molecule has 458 valence electrons. The molecule has 1 saturated heterocycles. The Morgan fingerprint density at radius 1 is 0.487 bits per heavy atom. The number of allylic oxidation sites excluding steroid dienone is 5. The summed E-state index contributed by atoms with van der Waals surface area (Å²) in [6.07, 6.45) is 56.2. The van der Waals surface area contributed by atoms with Crippen molar-refractivity contribution in [2.45, 2.75) is 365 Å². The lowest BCUT2D eigenvalue weighted by Gasteiger charge is -2.41. The largest absolute Gasteiger partial charge is 0.454 e. The SMILES string of the molecule is CCCCCCCC/C=C/CCCCCCCCCCCCCCCC(=O)OC1C(OCC(NC(=O)C(O)CCCC/C=C\CCCCCCCCC)C(O)/C=C/CCCCCCCCCCCCC)OC(CO)C(O)C1O. The van der Waals surface area contributed by atoms with Crippen molar-refractivity contribution in [3.8, 4) is 0 Å². The molecule has 1 fully saturated rings. The molecule has 1 rings (SSSR count). The summed E-state index contributed by atoms with van der Waals surface area (Å²) in [6, 6.07) is -1.03. The van der Waals surface area contributed by atoms with Gasteiger partial charge in [-0.3, -0.25) is 9.59 Å². The summed E-state index contributed by atoms with van der Waals surface area (Å²) in [6.45, 7) is 5.80. The molecule has 0 saturated carbocycles. The highest BCUT2D eigenvalue weighted by Gasteiger charge is 2.47. The molecule has 0 aliphatic carbocycles. The van der Waals surface area contributed by atoms with Crippen LogP contribution in [0.2, 0.25) is 0 Å². The molecular weight excluding hydrogens is 979 g/mol. The van der Waals surface area contributed by atoms with Crippen molar-refractivity contribution in [1.29, 1.82) is 0 Å². The molecule has 0 spiro atoms. The summed E-state index contributed by atoms with van der Waals surface area (Å²) in [5, 5.41) is 57.0. The average molecular weight is 1100 g/mol. The molecule has 11 nitrogen and oxygen atoms in total. The lowest BCUT2D eigenvalue weighted by molar-refractivity contribution is -0.305. The molecule has 8 atom stereocenters. The van der Waals surface area contributed by atoms with E-state index in [4.69, 9.17) is 14.2 Å². The monoisotopic (exact) mass is 1100 g/mol. The summed E-state index contributed by atoms with van der Waals surface area (Å²) in [7, 11) is 0. The average Bonchev–Trinajstić information content (AvgIpc) is 3.44. The topological polar surface area (TPSA) is 175 Å².